The van der Waals surface area contributed by atoms with Crippen LogP contribution in [0, 0.1) is 11.3 Å². The molecule has 2 spiro atoms. The van der Waals surface area contributed by atoms with E-state index in [1.807, 2.05) is 4.90 Å². The molecule has 0 radical (unpaired) electrons. The molecule has 2 amide bonds. The first-order valence-corrected chi connectivity index (χ1v) is 11.1. The molecule has 5 nitrogen and oxygen atoms in total. The number of alkyl halides is 3. The molecule has 1 aromatic rings. The van der Waals surface area contributed by atoms with Crippen LogP contribution in [0.15, 0.2) is 24.3 Å². The number of benzene rings is 1. The fourth-order valence-corrected chi connectivity index (χ4v) is 6.12. The lowest BCUT2D eigenvalue weighted by Gasteiger charge is -2.46. The molecule has 1 N–H and O–H groups in total. The van der Waals surface area contributed by atoms with E-state index in [9.17, 15) is 22.8 Å². The van der Waals surface area contributed by atoms with E-state index in [4.69, 9.17) is 4.74 Å². The molecular formula is C23H27F3N2O3. The Kier molecular flexibility index (Phi) is 4.75. The Balaban J connectivity index is 1.14. The fourth-order valence-electron chi connectivity index (χ4n) is 6.12. The monoisotopic (exact) mass is 436 g/mol. The van der Waals surface area contributed by atoms with Gasteiger partial charge < -0.3 is 15.0 Å². The van der Waals surface area contributed by atoms with E-state index in [1.165, 1.54) is 12.1 Å². The van der Waals surface area contributed by atoms with Crippen molar-refractivity contribution >= 4 is 12.0 Å². The number of carbonyl (C=O) groups is 2. The van der Waals surface area contributed by atoms with Gasteiger partial charge in [-0.15, -0.1) is 0 Å². The van der Waals surface area contributed by atoms with Crippen LogP contribution in [0.1, 0.15) is 62.0 Å². The van der Waals surface area contributed by atoms with Gasteiger partial charge >= 0.3 is 12.3 Å². The molecule has 1 aromatic carbocycles. The Morgan fingerprint density at radius 1 is 1.06 bits per heavy atom. The zero-order chi connectivity index (χ0) is 21.9. The van der Waals surface area contributed by atoms with Crippen molar-refractivity contribution in [2.45, 2.75) is 62.6 Å². The van der Waals surface area contributed by atoms with Gasteiger partial charge in [0.15, 0.2) is 0 Å². The summed E-state index contributed by atoms with van der Waals surface area (Å²) in [4.78, 5) is 26.1. The number of likely N-dealkylation sites (tertiary alicyclic amines) is 1. The normalized spacial score (nSPS) is 32.1. The third-order valence-electron chi connectivity index (χ3n) is 8.02. The average Bonchev–Trinajstić information content (AvgIpc) is 3.31. The molecule has 5 rings (SSSR count). The number of carbonyl (C=O) groups excluding carboxylic acids is 2. The molecule has 2 heterocycles. The van der Waals surface area contributed by atoms with Gasteiger partial charge in [0, 0.05) is 19.0 Å². The molecule has 1 atom stereocenters. The Bertz CT molecular complexity index is 869. The van der Waals surface area contributed by atoms with Crippen molar-refractivity contribution in [2.75, 3.05) is 19.7 Å². The van der Waals surface area contributed by atoms with Crippen LogP contribution in [0.3, 0.4) is 0 Å². The molecule has 2 aliphatic carbocycles. The van der Waals surface area contributed by atoms with E-state index in [2.05, 4.69) is 5.32 Å². The molecule has 168 valence electrons. The van der Waals surface area contributed by atoms with E-state index in [-0.39, 0.29) is 22.8 Å². The van der Waals surface area contributed by atoms with Crippen molar-refractivity contribution in [3.8, 4) is 0 Å². The smallest absolute Gasteiger partial charge is 0.416 e. The molecule has 0 unspecified atom stereocenters. The molecular weight excluding hydrogens is 409 g/mol. The standard InChI is InChI=1S/C23H27F3N2O3/c24-23(25,26)18-3-1-15(2-4-18)16-5-6-21(11-16)7-9-28(10-8-21)19(29)17-12-22(13-17)14-31-20(30)27-22/h1-4,16-17H,5-14H2,(H,27,30)/t16-,17?,22?/m0/s1. The van der Waals surface area contributed by atoms with Gasteiger partial charge in [-0.05, 0) is 74.0 Å². The number of alkyl carbamates (subject to hydrolysis) is 1. The molecule has 0 bridgehead atoms. The minimum atomic E-state index is -4.30. The molecule has 4 fully saturated rings. The lowest BCUT2D eigenvalue weighted by Crippen LogP contribution is -2.59. The summed E-state index contributed by atoms with van der Waals surface area (Å²) in [5.41, 5.74) is 0.244. The van der Waals surface area contributed by atoms with E-state index < -0.39 is 17.8 Å². The highest BCUT2D eigenvalue weighted by Gasteiger charge is 2.54. The predicted molar refractivity (Wildman–Crippen MR) is 106 cm³/mol. The van der Waals surface area contributed by atoms with Gasteiger partial charge in [0.2, 0.25) is 5.91 Å². The Morgan fingerprint density at radius 2 is 1.74 bits per heavy atom. The number of nitrogens with zero attached hydrogens (tertiary/aromatic N) is 1. The first-order valence-electron chi connectivity index (χ1n) is 11.1. The lowest BCUT2D eigenvalue weighted by atomic mass is 9.68. The fraction of sp³-hybridized carbons (Fsp3) is 0.652. The lowest BCUT2D eigenvalue weighted by molar-refractivity contribution is -0.143. The van der Waals surface area contributed by atoms with Crippen LogP contribution in [0.2, 0.25) is 0 Å². The Morgan fingerprint density at radius 3 is 2.32 bits per heavy atom. The van der Waals surface area contributed by atoms with Crippen molar-refractivity contribution in [3.05, 3.63) is 35.4 Å². The molecule has 8 heteroatoms. The minimum Gasteiger partial charge on any atom is -0.447 e. The number of halogens is 3. The molecule has 4 aliphatic rings. The number of hydrogen-bond acceptors (Lipinski definition) is 3. The van der Waals surface area contributed by atoms with Gasteiger partial charge in [0.25, 0.3) is 0 Å². The minimum absolute atomic E-state index is 0.0421. The number of nitrogens with one attached hydrogen (secondary N) is 1. The number of hydrogen-bond donors (Lipinski definition) is 1. The van der Waals surface area contributed by atoms with Crippen LogP contribution >= 0.6 is 0 Å². The van der Waals surface area contributed by atoms with Gasteiger partial charge in [-0.3, -0.25) is 4.79 Å². The quantitative estimate of drug-likeness (QED) is 0.744. The summed E-state index contributed by atoms with van der Waals surface area (Å²) < 4.78 is 43.4. The number of rotatable bonds is 2. The van der Waals surface area contributed by atoms with Gasteiger partial charge in [0.1, 0.15) is 6.61 Å². The van der Waals surface area contributed by atoms with Gasteiger partial charge in [-0.25, -0.2) is 4.79 Å². The molecule has 2 aliphatic heterocycles. The average molecular weight is 436 g/mol. The molecule has 0 aromatic heterocycles. The van der Waals surface area contributed by atoms with Crippen molar-refractivity contribution < 1.29 is 27.5 Å². The van der Waals surface area contributed by atoms with Crippen molar-refractivity contribution in [1.82, 2.24) is 10.2 Å². The Hall–Kier alpha value is -2.25. The summed E-state index contributed by atoms with van der Waals surface area (Å²) >= 11 is 0. The van der Waals surface area contributed by atoms with Crippen LogP contribution in [0.5, 0.6) is 0 Å². The number of ether oxygens (including phenoxy) is 1. The third-order valence-corrected chi connectivity index (χ3v) is 8.02. The van der Waals surface area contributed by atoms with Crippen LogP contribution in [-0.4, -0.2) is 42.1 Å². The topological polar surface area (TPSA) is 58.6 Å². The van der Waals surface area contributed by atoms with Crippen LogP contribution in [-0.2, 0) is 15.7 Å². The van der Waals surface area contributed by atoms with Gasteiger partial charge in [-0.2, -0.15) is 13.2 Å². The zero-order valence-electron chi connectivity index (χ0n) is 17.3. The maximum atomic E-state index is 12.9. The zero-order valence-corrected chi connectivity index (χ0v) is 17.3. The second-order valence-corrected chi connectivity index (χ2v) is 9.97. The van der Waals surface area contributed by atoms with Crippen molar-refractivity contribution in [3.63, 3.8) is 0 Å². The molecule has 2 saturated carbocycles. The highest BCUT2D eigenvalue weighted by molar-refractivity contribution is 5.81. The predicted octanol–water partition coefficient (Wildman–Crippen LogP) is 4.47. The van der Waals surface area contributed by atoms with E-state index in [1.54, 1.807) is 12.1 Å². The van der Waals surface area contributed by atoms with Crippen molar-refractivity contribution in [2.24, 2.45) is 11.3 Å². The maximum absolute atomic E-state index is 12.9. The van der Waals surface area contributed by atoms with Gasteiger partial charge in [0.05, 0.1) is 11.1 Å². The first kappa shape index (κ1) is 20.6. The SMILES string of the molecule is O=C1NC2(CO1)CC(C(=O)N1CCC3(CC[C@H](c4ccc(C(F)(F)F)cc4)C3)CC1)C2. The van der Waals surface area contributed by atoms with Crippen LogP contribution < -0.4 is 5.32 Å². The largest absolute Gasteiger partial charge is 0.447 e. The number of piperidine rings is 1. The maximum Gasteiger partial charge on any atom is 0.416 e. The number of cyclic esters (lactones) is 1. The highest BCUT2D eigenvalue weighted by atomic mass is 19.4. The summed E-state index contributed by atoms with van der Waals surface area (Å²) in [7, 11) is 0. The van der Waals surface area contributed by atoms with E-state index in [0.29, 0.717) is 25.4 Å². The van der Waals surface area contributed by atoms with Crippen LogP contribution in [0.25, 0.3) is 0 Å². The highest BCUT2D eigenvalue weighted by Crippen LogP contribution is 2.53. The van der Waals surface area contributed by atoms with Crippen molar-refractivity contribution in [1.29, 1.82) is 0 Å². The first-order chi connectivity index (χ1) is 14.7. The van der Waals surface area contributed by atoms with E-state index in [0.717, 1.165) is 50.8 Å². The molecule has 31 heavy (non-hydrogen) atoms. The third kappa shape index (κ3) is 3.78. The second-order valence-electron chi connectivity index (χ2n) is 9.97. The second kappa shape index (κ2) is 7.14. The molecule has 2 saturated heterocycles. The number of amides is 2. The van der Waals surface area contributed by atoms with Gasteiger partial charge in [-0.1, -0.05) is 12.1 Å². The summed E-state index contributed by atoms with van der Waals surface area (Å²) in [6.07, 6.45) is 1.54. The van der Waals surface area contributed by atoms with Crippen LogP contribution in [0.4, 0.5) is 18.0 Å². The summed E-state index contributed by atoms with van der Waals surface area (Å²) in [5, 5.41) is 2.83. The summed E-state index contributed by atoms with van der Waals surface area (Å²) in [6.45, 7) is 1.83. The van der Waals surface area contributed by atoms with E-state index >= 15 is 0 Å². The summed E-state index contributed by atoms with van der Waals surface area (Å²) in [6, 6.07) is 5.63. The Labute approximate surface area is 179 Å². The summed E-state index contributed by atoms with van der Waals surface area (Å²) in [5.74, 6) is 0.431.